The first-order chi connectivity index (χ1) is 11.0. The van der Waals surface area contributed by atoms with Crippen molar-refractivity contribution in [2.24, 2.45) is 0 Å². The molecule has 23 heavy (non-hydrogen) atoms. The zero-order valence-electron chi connectivity index (χ0n) is 12.7. The van der Waals surface area contributed by atoms with Crippen molar-refractivity contribution in [1.82, 2.24) is 9.88 Å². The number of thioether (sulfide) groups is 1. The van der Waals surface area contributed by atoms with Crippen molar-refractivity contribution in [1.29, 1.82) is 0 Å². The maximum atomic E-state index is 11.8. The Kier molecular flexibility index (Phi) is 4.59. The molecule has 0 aliphatic carbocycles. The maximum Gasteiger partial charge on any atom is 0.257 e. The maximum absolute atomic E-state index is 11.8. The number of rotatable bonds is 4. The van der Waals surface area contributed by atoms with Crippen molar-refractivity contribution in [3.8, 4) is 0 Å². The monoisotopic (exact) mass is 346 g/mol. The second-order valence-corrected chi connectivity index (χ2v) is 6.64. The summed E-state index contributed by atoms with van der Waals surface area (Å²) >= 11 is 7.45. The van der Waals surface area contributed by atoms with Crippen LogP contribution in [0.1, 0.15) is 15.9 Å². The summed E-state index contributed by atoms with van der Waals surface area (Å²) < 4.78 is 5.67. The lowest BCUT2D eigenvalue weighted by molar-refractivity contribution is 0.0827. The summed E-state index contributed by atoms with van der Waals surface area (Å²) in [5, 5.41) is 1.25. The van der Waals surface area contributed by atoms with Crippen LogP contribution in [0.25, 0.3) is 11.1 Å². The number of aromatic nitrogens is 1. The van der Waals surface area contributed by atoms with E-state index in [4.69, 9.17) is 16.0 Å². The van der Waals surface area contributed by atoms with Gasteiger partial charge in [-0.15, -0.1) is 0 Å². The van der Waals surface area contributed by atoms with Crippen LogP contribution in [0.2, 0.25) is 5.02 Å². The van der Waals surface area contributed by atoms with E-state index in [0.29, 0.717) is 15.8 Å². The molecule has 0 unspecified atom stereocenters. The second-order valence-electron chi connectivity index (χ2n) is 5.28. The molecule has 0 atom stereocenters. The number of fused-ring (bicyclic) bond motifs is 1. The van der Waals surface area contributed by atoms with E-state index in [1.54, 1.807) is 31.1 Å². The van der Waals surface area contributed by atoms with E-state index in [0.717, 1.165) is 22.4 Å². The van der Waals surface area contributed by atoms with Gasteiger partial charge in [0, 0.05) is 30.4 Å². The smallest absolute Gasteiger partial charge is 0.257 e. The fourth-order valence-electron chi connectivity index (χ4n) is 2.09. The Morgan fingerprint density at radius 2 is 1.96 bits per heavy atom. The second kappa shape index (κ2) is 6.64. The third kappa shape index (κ3) is 3.68. The molecule has 0 bridgehead atoms. The van der Waals surface area contributed by atoms with Gasteiger partial charge in [0.2, 0.25) is 0 Å². The number of oxazole rings is 1. The van der Waals surface area contributed by atoms with Crippen LogP contribution in [-0.2, 0) is 5.75 Å². The van der Waals surface area contributed by atoms with Gasteiger partial charge in [0.15, 0.2) is 5.58 Å². The van der Waals surface area contributed by atoms with Crippen molar-refractivity contribution in [3.63, 3.8) is 0 Å². The molecule has 0 aliphatic heterocycles. The summed E-state index contributed by atoms with van der Waals surface area (Å²) in [5.41, 5.74) is 3.27. The van der Waals surface area contributed by atoms with Crippen LogP contribution in [0.4, 0.5) is 0 Å². The molecule has 0 fully saturated rings. The molecule has 0 saturated heterocycles. The van der Waals surface area contributed by atoms with E-state index in [1.807, 2.05) is 30.3 Å². The molecule has 3 aromatic rings. The topological polar surface area (TPSA) is 46.3 Å². The zero-order valence-corrected chi connectivity index (χ0v) is 14.3. The average Bonchev–Trinajstić information content (AvgIpc) is 2.94. The van der Waals surface area contributed by atoms with Gasteiger partial charge >= 0.3 is 0 Å². The third-order valence-electron chi connectivity index (χ3n) is 3.30. The predicted octanol–water partition coefficient (Wildman–Crippen LogP) is 4.48. The largest absolute Gasteiger partial charge is 0.431 e. The first-order valence-corrected chi connectivity index (χ1v) is 8.39. The summed E-state index contributed by atoms with van der Waals surface area (Å²) in [5.74, 6) is 0.719. The summed E-state index contributed by atoms with van der Waals surface area (Å²) in [7, 11) is 3.48. The third-order valence-corrected chi connectivity index (χ3v) is 4.43. The number of nitrogens with zero attached hydrogens (tertiary/aromatic N) is 2. The van der Waals surface area contributed by atoms with Gasteiger partial charge in [0.1, 0.15) is 5.52 Å². The number of halogens is 1. The average molecular weight is 347 g/mol. The normalized spacial score (nSPS) is 10.9. The highest BCUT2D eigenvalue weighted by atomic mass is 35.5. The van der Waals surface area contributed by atoms with E-state index in [-0.39, 0.29) is 5.91 Å². The van der Waals surface area contributed by atoms with Crippen LogP contribution in [-0.4, -0.2) is 29.9 Å². The van der Waals surface area contributed by atoms with Crippen LogP contribution in [0.15, 0.2) is 52.1 Å². The van der Waals surface area contributed by atoms with Crippen LogP contribution >= 0.6 is 23.4 Å². The van der Waals surface area contributed by atoms with E-state index in [9.17, 15) is 4.79 Å². The summed E-state index contributed by atoms with van der Waals surface area (Å²) in [6.07, 6.45) is 0. The molecule has 0 spiro atoms. The van der Waals surface area contributed by atoms with Gasteiger partial charge in [0.25, 0.3) is 11.1 Å². The van der Waals surface area contributed by atoms with Crippen LogP contribution in [0.5, 0.6) is 0 Å². The highest BCUT2D eigenvalue weighted by Crippen LogP contribution is 2.27. The van der Waals surface area contributed by atoms with E-state index in [1.165, 1.54) is 11.8 Å². The summed E-state index contributed by atoms with van der Waals surface area (Å²) in [4.78, 5) is 17.8. The minimum Gasteiger partial charge on any atom is -0.431 e. The Bertz CT molecular complexity index is 843. The quantitative estimate of drug-likeness (QED) is 0.654. The molecular weight excluding hydrogens is 332 g/mol. The van der Waals surface area contributed by atoms with Crippen LogP contribution in [0, 0.1) is 0 Å². The Balaban J connectivity index is 1.68. The molecule has 2 aromatic carbocycles. The molecule has 1 heterocycles. The molecule has 0 N–H and O–H groups in total. The van der Waals surface area contributed by atoms with Gasteiger partial charge in [-0.25, -0.2) is 4.98 Å². The molecule has 118 valence electrons. The first-order valence-electron chi connectivity index (χ1n) is 7.02. The lowest BCUT2D eigenvalue weighted by atomic mass is 10.1. The molecular formula is C17H15ClN2O2S. The molecule has 1 aromatic heterocycles. The minimum atomic E-state index is 0.0000302. The standard InChI is InChI=1S/C17H15ClN2O2S/c1-20(2)16(21)12-5-3-11(4-6-12)10-23-17-19-14-9-13(18)7-8-15(14)22-17/h3-9H,10H2,1-2H3. The molecule has 0 saturated carbocycles. The highest BCUT2D eigenvalue weighted by Gasteiger charge is 2.09. The Labute approximate surface area is 143 Å². The van der Waals surface area contributed by atoms with Gasteiger partial charge < -0.3 is 9.32 Å². The van der Waals surface area contributed by atoms with Crippen molar-refractivity contribution < 1.29 is 9.21 Å². The SMILES string of the molecule is CN(C)C(=O)c1ccc(CSc2nc3cc(Cl)ccc3o2)cc1. The van der Waals surface area contributed by atoms with Crippen molar-refractivity contribution in [2.45, 2.75) is 11.0 Å². The fraction of sp³-hybridized carbons (Fsp3) is 0.176. The summed E-state index contributed by atoms with van der Waals surface area (Å²) in [6, 6.07) is 13.0. The van der Waals surface area contributed by atoms with E-state index in [2.05, 4.69) is 4.98 Å². The number of hydrogen-bond donors (Lipinski definition) is 0. The van der Waals surface area contributed by atoms with Gasteiger partial charge in [-0.3, -0.25) is 4.79 Å². The number of carbonyl (C=O) groups excluding carboxylic acids is 1. The van der Waals surface area contributed by atoms with Gasteiger partial charge in [-0.2, -0.15) is 0 Å². The molecule has 4 nitrogen and oxygen atoms in total. The Morgan fingerprint density at radius 3 is 2.65 bits per heavy atom. The fourth-order valence-corrected chi connectivity index (χ4v) is 3.05. The van der Waals surface area contributed by atoms with E-state index < -0.39 is 0 Å². The lowest BCUT2D eigenvalue weighted by Gasteiger charge is -2.10. The van der Waals surface area contributed by atoms with Crippen LogP contribution in [0.3, 0.4) is 0 Å². The molecule has 0 aliphatic rings. The molecule has 6 heteroatoms. The lowest BCUT2D eigenvalue weighted by Crippen LogP contribution is -2.21. The first kappa shape index (κ1) is 15.9. The summed E-state index contributed by atoms with van der Waals surface area (Å²) in [6.45, 7) is 0. The van der Waals surface area contributed by atoms with Crippen molar-refractivity contribution >= 4 is 40.4 Å². The number of amides is 1. The minimum absolute atomic E-state index is 0.0000302. The molecule has 3 rings (SSSR count). The molecule has 0 radical (unpaired) electrons. The number of benzene rings is 2. The number of carbonyl (C=O) groups is 1. The van der Waals surface area contributed by atoms with Gasteiger partial charge in [-0.05, 0) is 35.9 Å². The Hall–Kier alpha value is -1.98. The molecule has 1 amide bonds. The van der Waals surface area contributed by atoms with Crippen molar-refractivity contribution in [3.05, 3.63) is 58.6 Å². The predicted molar refractivity (Wildman–Crippen MR) is 93.0 cm³/mol. The van der Waals surface area contributed by atoms with Crippen LogP contribution < -0.4 is 0 Å². The number of hydrogen-bond acceptors (Lipinski definition) is 4. The van der Waals surface area contributed by atoms with Gasteiger partial charge in [-0.1, -0.05) is 35.5 Å². The zero-order chi connectivity index (χ0) is 16.4. The Morgan fingerprint density at radius 1 is 1.22 bits per heavy atom. The van der Waals surface area contributed by atoms with Crippen molar-refractivity contribution in [2.75, 3.05) is 14.1 Å². The van der Waals surface area contributed by atoms with E-state index >= 15 is 0 Å². The highest BCUT2D eigenvalue weighted by molar-refractivity contribution is 7.98. The van der Waals surface area contributed by atoms with Gasteiger partial charge in [0.05, 0.1) is 0 Å².